The lowest BCUT2D eigenvalue weighted by Gasteiger charge is -2.36. The number of aldehydes is 1. The third-order valence-electron chi connectivity index (χ3n) is 10.6. The van der Waals surface area contributed by atoms with E-state index in [4.69, 9.17) is 21.3 Å². The van der Waals surface area contributed by atoms with Gasteiger partial charge in [0.05, 0.1) is 11.8 Å². The van der Waals surface area contributed by atoms with Gasteiger partial charge in [0, 0.05) is 86.6 Å². The Kier molecular flexibility index (Phi) is 14.9. The van der Waals surface area contributed by atoms with Gasteiger partial charge in [-0.3, -0.25) is 30.1 Å². The number of benzene rings is 3. The van der Waals surface area contributed by atoms with E-state index >= 15 is 0 Å². The van der Waals surface area contributed by atoms with E-state index < -0.39 is 35.2 Å². The van der Waals surface area contributed by atoms with Crippen LogP contribution in [0.3, 0.4) is 0 Å². The maximum Gasteiger partial charge on any atom is 0.287 e. The predicted octanol–water partition coefficient (Wildman–Crippen LogP) is 5.21. The van der Waals surface area contributed by atoms with Crippen LogP contribution in [0.15, 0.2) is 79.0 Å². The number of ether oxygens (including phenoxy) is 1. The second kappa shape index (κ2) is 20.0. The van der Waals surface area contributed by atoms with Crippen LogP contribution in [0.2, 0.25) is 0 Å². The minimum Gasteiger partial charge on any atom is -0.481 e. The molecule has 1 fully saturated rings. The number of aryl methyl sites for hydroxylation is 1. The van der Waals surface area contributed by atoms with Crippen LogP contribution in [0.4, 0.5) is 11.5 Å². The molecule has 2 atom stereocenters. The number of pyridine rings is 1. The highest BCUT2D eigenvalue weighted by molar-refractivity contribution is 6.39. The second-order valence-electron chi connectivity index (χ2n) is 16.1. The SMILES string of the molecule is CNC(=O)C(CCC=O)Oc1ccc(CCN2CCN(c3ccc(-c4cnc(N)c(C(=N)c5ccc([C@@H](C)NC(=O)C(=N)NC(=O)C(C)(C)C)c(C)c5)c4)cc3)CC2)cc1. The Balaban J connectivity index is 1.14. The van der Waals surface area contributed by atoms with Crippen LogP contribution in [-0.4, -0.2) is 91.3 Å². The van der Waals surface area contributed by atoms with Crippen LogP contribution < -0.4 is 31.3 Å². The van der Waals surface area contributed by atoms with E-state index in [1.807, 2.05) is 49.4 Å². The Hall–Kier alpha value is -6.41. The van der Waals surface area contributed by atoms with Gasteiger partial charge in [0.2, 0.25) is 5.91 Å². The number of nitrogens with zero attached hydrogens (tertiary/aromatic N) is 3. The number of anilines is 2. The topological polar surface area (TPSA) is 207 Å². The van der Waals surface area contributed by atoms with Gasteiger partial charge < -0.3 is 36.1 Å². The van der Waals surface area contributed by atoms with Crippen LogP contribution in [-0.2, 0) is 25.6 Å². The third kappa shape index (κ3) is 11.6. The van der Waals surface area contributed by atoms with Gasteiger partial charge >= 0.3 is 0 Å². The zero-order chi connectivity index (χ0) is 43.6. The fourth-order valence-corrected chi connectivity index (χ4v) is 6.91. The largest absolute Gasteiger partial charge is 0.481 e. The zero-order valence-corrected chi connectivity index (χ0v) is 35.4. The Morgan fingerprint density at radius 2 is 1.63 bits per heavy atom. The molecular weight excluding hydrogens is 759 g/mol. The second-order valence-corrected chi connectivity index (χ2v) is 16.1. The maximum absolute atomic E-state index is 12.7. The van der Waals surface area contributed by atoms with E-state index in [2.05, 4.69) is 55.0 Å². The number of carbonyl (C=O) groups excluding carboxylic acids is 4. The summed E-state index contributed by atoms with van der Waals surface area (Å²) in [5.41, 5.74) is 12.7. The molecule has 14 heteroatoms. The molecule has 0 bridgehead atoms. The number of amidine groups is 1. The molecule has 5 rings (SSSR count). The molecule has 60 heavy (non-hydrogen) atoms. The molecule has 316 valence electrons. The smallest absolute Gasteiger partial charge is 0.287 e. The number of aromatic nitrogens is 1. The van der Waals surface area contributed by atoms with Gasteiger partial charge in [-0.05, 0) is 78.9 Å². The molecule has 1 aromatic heterocycles. The molecule has 3 aromatic carbocycles. The number of amides is 3. The summed E-state index contributed by atoms with van der Waals surface area (Å²) in [7, 11) is 1.56. The first-order valence-electron chi connectivity index (χ1n) is 20.2. The van der Waals surface area contributed by atoms with E-state index in [9.17, 15) is 19.2 Å². The lowest BCUT2D eigenvalue weighted by atomic mass is 9.94. The summed E-state index contributed by atoms with van der Waals surface area (Å²) in [6.07, 6.45) is 3.29. The number of hydrogen-bond acceptors (Lipinski definition) is 11. The quantitative estimate of drug-likeness (QED) is 0.0529. The molecule has 1 aliphatic heterocycles. The molecule has 0 spiro atoms. The predicted molar refractivity (Wildman–Crippen MR) is 236 cm³/mol. The molecule has 7 N–H and O–H groups in total. The summed E-state index contributed by atoms with van der Waals surface area (Å²) in [4.78, 5) is 57.1. The molecule has 1 saturated heterocycles. The number of nitrogens with two attached hydrogens (primary N) is 1. The van der Waals surface area contributed by atoms with E-state index in [0.29, 0.717) is 23.3 Å². The van der Waals surface area contributed by atoms with Gasteiger partial charge in [-0.2, -0.15) is 0 Å². The van der Waals surface area contributed by atoms with Crippen molar-refractivity contribution >= 4 is 47.1 Å². The van der Waals surface area contributed by atoms with E-state index in [1.165, 1.54) is 5.56 Å². The van der Waals surface area contributed by atoms with Crippen molar-refractivity contribution in [2.24, 2.45) is 5.41 Å². The number of piperazine rings is 1. The zero-order valence-electron chi connectivity index (χ0n) is 35.4. The van der Waals surface area contributed by atoms with Crippen molar-refractivity contribution in [2.75, 3.05) is 50.4 Å². The van der Waals surface area contributed by atoms with Gasteiger partial charge in [0.25, 0.3) is 11.8 Å². The van der Waals surface area contributed by atoms with Crippen molar-refractivity contribution in [3.8, 4) is 16.9 Å². The fourth-order valence-electron chi connectivity index (χ4n) is 6.91. The van der Waals surface area contributed by atoms with Crippen molar-refractivity contribution in [1.29, 1.82) is 10.8 Å². The van der Waals surface area contributed by atoms with E-state index in [-0.39, 0.29) is 23.9 Å². The van der Waals surface area contributed by atoms with Gasteiger partial charge in [-0.1, -0.05) is 57.2 Å². The Labute approximate surface area is 352 Å². The summed E-state index contributed by atoms with van der Waals surface area (Å²) in [6.45, 7) is 13.4. The summed E-state index contributed by atoms with van der Waals surface area (Å²) in [6, 6.07) is 23.1. The van der Waals surface area contributed by atoms with Crippen molar-refractivity contribution in [2.45, 2.75) is 66.0 Å². The van der Waals surface area contributed by atoms with Gasteiger partial charge in [-0.25, -0.2) is 4.98 Å². The minimum atomic E-state index is -0.740. The molecule has 1 unspecified atom stereocenters. The number of hydrogen-bond donors (Lipinski definition) is 6. The fraction of sp³-hybridized carbons (Fsp3) is 0.370. The molecule has 0 aliphatic carbocycles. The molecule has 0 radical (unpaired) electrons. The van der Waals surface area contributed by atoms with Crippen molar-refractivity contribution in [3.63, 3.8) is 0 Å². The minimum absolute atomic E-state index is 0.221. The normalized spacial score (nSPS) is 14.1. The van der Waals surface area contributed by atoms with Crippen LogP contribution >= 0.6 is 0 Å². The van der Waals surface area contributed by atoms with Gasteiger partial charge in [0.1, 0.15) is 17.9 Å². The number of nitrogen functional groups attached to an aromatic ring is 1. The molecular formula is C46H57N9O5. The van der Waals surface area contributed by atoms with Crippen LogP contribution in [0, 0.1) is 23.2 Å². The Bertz CT molecular complexity index is 2190. The molecule has 1 aliphatic rings. The summed E-state index contributed by atoms with van der Waals surface area (Å²) in [5, 5.41) is 24.8. The number of nitrogens with one attached hydrogen (secondary N) is 5. The highest BCUT2D eigenvalue weighted by Gasteiger charge is 2.25. The monoisotopic (exact) mass is 815 g/mol. The lowest BCUT2D eigenvalue weighted by molar-refractivity contribution is -0.128. The highest BCUT2D eigenvalue weighted by atomic mass is 16.5. The summed E-state index contributed by atoms with van der Waals surface area (Å²) in [5.74, 6) is -1.02. The Morgan fingerprint density at radius 1 is 0.950 bits per heavy atom. The number of carbonyl (C=O) groups is 4. The molecule has 4 aromatic rings. The molecule has 14 nitrogen and oxygen atoms in total. The van der Waals surface area contributed by atoms with Crippen molar-refractivity contribution in [1.82, 2.24) is 25.8 Å². The van der Waals surface area contributed by atoms with Crippen LogP contribution in [0.1, 0.15) is 74.4 Å². The third-order valence-corrected chi connectivity index (χ3v) is 10.6. The molecule has 2 heterocycles. The van der Waals surface area contributed by atoms with Crippen molar-refractivity contribution < 1.29 is 23.9 Å². The first-order chi connectivity index (χ1) is 28.6. The average molecular weight is 816 g/mol. The maximum atomic E-state index is 12.7. The lowest BCUT2D eigenvalue weighted by Crippen LogP contribution is -2.47. The summed E-state index contributed by atoms with van der Waals surface area (Å²) < 4.78 is 5.85. The summed E-state index contributed by atoms with van der Waals surface area (Å²) >= 11 is 0. The van der Waals surface area contributed by atoms with Crippen LogP contribution in [0.5, 0.6) is 5.75 Å². The first-order valence-corrected chi connectivity index (χ1v) is 20.2. The van der Waals surface area contributed by atoms with Gasteiger partial charge in [-0.15, -0.1) is 0 Å². The number of likely N-dealkylation sites (N-methyl/N-ethyl adjacent to an activating group) is 1. The Morgan fingerprint density at radius 3 is 2.25 bits per heavy atom. The average Bonchev–Trinajstić information content (AvgIpc) is 3.24. The number of rotatable bonds is 15. The molecule has 0 saturated carbocycles. The first kappa shape index (κ1) is 44.7. The van der Waals surface area contributed by atoms with Crippen LogP contribution in [0.25, 0.3) is 11.1 Å². The van der Waals surface area contributed by atoms with E-state index in [1.54, 1.807) is 47.0 Å². The van der Waals surface area contributed by atoms with Gasteiger partial charge in [0.15, 0.2) is 11.9 Å². The highest BCUT2D eigenvalue weighted by Crippen LogP contribution is 2.28. The standard InChI is InChI=1S/C46H57N9O5/c1-29-26-33(13-18-37(29)30(2)52-44(58)42(49)53-45(59)46(3,4)5)40(47)38-27-34(28-51-41(38)48)32-11-14-35(15-12-32)55-23-21-54(22-24-55)20-19-31-9-16-36(17-10-31)60-39(8-7-25-56)43(57)50-6/h9-18,25-28,30,39,47H,7-8,19-24H2,1-6H3,(H2,48,51)(H,50,57)(H,52,58)(H2,49,53,59)/t30-,39?/m1/s1. The van der Waals surface area contributed by atoms with Crippen molar-refractivity contribution in [3.05, 3.63) is 107 Å². The molecule has 3 amide bonds. The van der Waals surface area contributed by atoms with E-state index in [0.717, 1.165) is 73.4 Å².